The van der Waals surface area contributed by atoms with E-state index in [1.807, 2.05) is 18.2 Å². The molecule has 3 heterocycles. The molecule has 27 heavy (non-hydrogen) atoms. The van der Waals surface area contributed by atoms with Gasteiger partial charge in [-0.25, -0.2) is 0 Å². The lowest BCUT2D eigenvalue weighted by Gasteiger charge is -2.32. The molecule has 4 rings (SSSR count). The van der Waals surface area contributed by atoms with Crippen molar-refractivity contribution in [1.82, 2.24) is 15.1 Å². The number of fused-ring (bicyclic) bond motifs is 1. The molecule has 1 aromatic carbocycles. The molecule has 2 aliphatic rings. The molecular formula is C18H20N4O4S. The molecule has 0 spiro atoms. The first-order valence-electron chi connectivity index (χ1n) is 8.92. The quantitative estimate of drug-likeness (QED) is 0.843. The van der Waals surface area contributed by atoms with Crippen molar-refractivity contribution < 1.29 is 19.1 Å². The second kappa shape index (κ2) is 7.91. The van der Waals surface area contributed by atoms with Gasteiger partial charge in [-0.15, -0.1) is 10.2 Å². The van der Waals surface area contributed by atoms with Crippen molar-refractivity contribution in [3.63, 3.8) is 0 Å². The molecule has 0 saturated carbocycles. The third-order valence-corrected chi connectivity index (χ3v) is 5.41. The van der Waals surface area contributed by atoms with Crippen LogP contribution in [0.5, 0.6) is 11.5 Å². The molecular weight excluding hydrogens is 368 g/mol. The molecule has 0 radical (unpaired) electrons. The van der Waals surface area contributed by atoms with Gasteiger partial charge in [0.05, 0.1) is 5.92 Å². The van der Waals surface area contributed by atoms with Crippen molar-refractivity contribution in [2.24, 2.45) is 5.92 Å². The van der Waals surface area contributed by atoms with Gasteiger partial charge in [0.1, 0.15) is 5.51 Å². The number of amides is 2. The summed E-state index contributed by atoms with van der Waals surface area (Å²) in [7, 11) is 0. The zero-order valence-corrected chi connectivity index (χ0v) is 15.5. The van der Waals surface area contributed by atoms with Crippen LogP contribution in [0.15, 0.2) is 23.7 Å². The minimum Gasteiger partial charge on any atom is -0.454 e. The standard InChI is InChI=1S/C18H20N4O4S/c23-16(6-4-12-3-5-14-15(8-12)26-11-25-14)22-7-1-2-13(9-22)17(24)20-18-21-19-10-27-18/h3,5,8,10,13H,1-2,4,6-7,9,11H2,(H,20,21,24)/t13-/m1/s1. The maximum absolute atomic E-state index is 12.6. The summed E-state index contributed by atoms with van der Waals surface area (Å²) in [6.45, 7) is 1.39. The molecule has 2 aliphatic heterocycles. The number of piperidine rings is 1. The molecule has 1 saturated heterocycles. The van der Waals surface area contributed by atoms with Crippen LogP contribution in [0.25, 0.3) is 0 Å². The zero-order chi connectivity index (χ0) is 18.6. The summed E-state index contributed by atoms with van der Waals surface area (Å²) in [5, 5.41) is 10.8. The minimum absolute atomic E-state index is 0.0704. The SMILES string of the molecule is O=C(Nc1nncs1)[C@@H]1CCCN(C(=O)CCc2ccc3c(c2)OCO3)C1. The second-order valence-electron chi connectivity index (χ2n) is 6.60. The van der Waals surface area contributed by atoms with Gasteiger partial charge in [0, 0.05) is 19.5 Å². The average molecular weight is 388 g/mol. The van der Waals surface area contributed by atoms with Crippen LogP contribution in [-0.2, 0) is 16.0 Å². The Labute approximate surface area is 160 Å². The van der Waals surface area contributed by atoms with Crippen LogP contribution < -0.4 is 14.8 Å². The predicted molar refractivity (Wildman–Crippen MR) is 98.7 cm³/mol. The average Bonchev–Trinajstić information content (AvgIpc) is 3.37. The van der Waals surface area contributed by atoms with E-state index in [-0.39, 0.29) is 24.5 Å². The van der Waals surface area contributed by atoms with Crippen LogP contribution in [0.2, 0.25) is 0 Å². The van der Waals surface area contributed by atoms with Gasteiger partial charge in [0.15, 0.2) is 11.5 Å². The number of likely N-dealkylation sites (tertiary alicyclic amines) is 1. The fourth-order valence-corrected chi connectivity index (χ4v) is 3.81. The van der Waals surface area contributed by atoms with E-state index in [4.69, 9.17) is 9.47 Å². The Bertz CT molecular complexity index is 827. The van der Waals surface area contributed by atoms with Crippen molar-refractivity contribution >= 4 is 28.3 Å². The molecule has 9 heteroatoms. The minimum atomic E-state index is -0.211. The van der Waals surface area contributed by atoms with Crippen molar-refractivity contribution in [3.8, 4) is 11.5 Å². The van der Waals surface area contributed by atoms with E-state index in [1.165, 1.54) is 11.3 Å². The van der Waals surface area contributed by atoms with Crippen LogP contribution in [0.1, 0.15) is 24.8 Å². The molecule has 1 N–H and O–H groups in total. The highest BCUT2D eigenvalue weighted by molar-refractivity contribution is 7.13. The molecule has 142 valence electrons. The molecule has 0 bridgehead atoms. The van der Waals surface area contributed by atoms with Crippen molar-refractivity contribution in [2.45, 2.75) is 25.7 Å². The monoisotopic (exact) mass is 388 g/mol. The van der Waals surface area contributed by atoms with Crippen LogP contribution >= 0.6 is 11.3 Å². The Hall–Kier alpha value is -2.68. The number of ether oxygens (including phenoxy) is 2. The predicted octanol–water partition coefficient (Wildman–Crippen LogP) is 2.08. The lowest BCUT2D eigenvalue weighted by Crippen LogP contribution is -2.43. The first-order chi connectivity index (χ1) is 13.2. The summed E-state index contributed by atoms with van der Waals surface area (Å²) in [6, 6.07) is 5.75. The van der Waals surface area contributed by atoms with E-state index in [9.17, 15) is 9.59 Å². The summed E-state index contributed by atoms with van der Waals surface area (Å²) in [5.41, 5.74) is 2.61. The fourth-order valence-electron chi connectivity index (χ4n) is 3.36. The van der Waals surface area contributed by atoms with Gasteiger partial charge in [0.25, 0.3) is 0 Å². The molecule has 0 aliphatic carbocycles. The first kappa shape index (κ1) is 17.7. The normalized spacial score (nSPS) is 18.4. The molecule has 1 atom stereocenters. The molecule has 1 aromatic heterocycles. The van der Waals surface area contributed by atoms with Gasteiger partial charge in [0.2, 0.25) is 23.7 Å². The number of rotatable bonds is 5. The number of aryl methyl sites for hydroxylation is 1. The van der Waals surface area contributed by atoms with E-state index in [0.717, 1.165) is 29.9 Å². The zero-order valence-electron chi connectivity index (χ0n) is 14.7. The van der Waals surface area contributed by atoms with Gasteiger partial charge < -0.3 is 19.7 Å². The number of carbonyl (C=O) groups is 2. The van der Waals surface area contributed by atoms with E-state index >= 15 is 0 Å². The van der Waals surface area contributed by atoms with Gasteiger partial charge in [-0.2, -0.15) is 0 Å². The smallest absolute Gasteiger partial charge is 0.231 e. The summed E-state index contributed by atoms with van der Waals surface area (Å²) in [5.74, 6) is 1.23. The molecule has 8 nitrogen and oxygen atoms in total. The lowest BCUT2D eigenvalue weighted by atomic mass is 9.96. The number of hydrogen-bond acceptors (Lipinski definition) is 7. The largest absolute Gasteiger partial charge is 0.454 e. The maximum atomic E-state index is 12.6. The summed E-state index contributed by atoms with van der Waals surface area (Å²) in [6.07, 6.45) is 2.64. The molecule has 1 fully saturated rings. The molecule has 2 amide bonds. The number of benzene rings is 1. The van der Waals surface area contributed by atoms with Crippen LogP contribution in [-0.4, -0.2) is 46.8 Å². The van der Waals surface area contributed by atoms with E-state index in [0.29, 0.717) is 31.1 Å². The first-order valence-corrected chi connectivity index (χ1v) is 9.80. The van der Waals surface area contributed by atoms with Crippen LogP contribution in [0.3, 0.4) is 0 Å². The Balaban J connectivity index is 1.30. The second-order valence-corrected chi connectivity index (χ2v) is 7.43. The van der Waals surface area contributed by atoms with Crippen molar-refractivity contribution in [2.75, 3.05) is 25.2 Å². The van der Waals surface area contributed by atoms with E-state index < -0.39 is 0 Å². The van der Waals surface area contributed by atoms with Gasteiger partial charge in [-0.1, -0.05) is 17.4 Å². The van der Waals surface area contributed by atoms with Crippen molar-refractivity contribution in [3.05, 3.63) is 29.3 Å². The van der Waals surface area contributed by atoms with Gasteiger partial charge >= 0.3 is 0 Å². The van der Waals surface area contributed by atoms with Gasteiger partial charge in [-0.05, 0) is 37.0 Å². The Morgan fingerprint density at radius 2 is 2.19 bits per heavy atom. The number of nitrogens with zero attached hydrogens (tertiary/aromatic N) is 3. The topological polar surface area (TPSA) is 93.7 Å². The van der Waals surface area contributed by atoms with E-state index in [1.54, 1.807) is 10.4 Å². The fraction of sp³-hybridized carbons (Fsp3) is 0.444. The highest BCUT2D eigenvalue weighted by atomic mass is 32.1. The Kier molecular flexibility index (Phi) is 5.19. The number of aromatic nitrogens is 2. The maximum Gasteiger partial charge on any atom is 0.231 e. The summed E-state index contributed by atoms with van der Waals surface area (Å²) < 4.78 is 10.7. The van der Waals surface area contributed by atoms with Crippen molar-refractivity contribution in [1.29, 1.82) is 0 Å². The third-order valence-electron chi connectivity index (χ3n) is 4.80. The number of carbonyl (C=O) groups excluding carboxylic acids is 2. The molecule has 0 unspecified atom stereocenters. The third kappa shape index (κ3) is 4.19. The molecule has 2 aromatic rings. The summed E-state index contributed by atoms with van der Waals surface area (Å²) >= 11 is 1.28. The van der Waals surface area contributed by atoms with Crippen LogP contribution in [0.4, 0.5) is 5.13 Å². The highest BCUT2D eigenvalue weighted by Crippen LogP contribution is 2.32. The lowest BCUT2D eigenvalue weighted by molar-refractivity contribution is -0.134. The Morgan fingerprint density at radius 3 is 3.04 bits per heavy atom. The summed E-state index contributed by atoms with van der Waals surface area (Å²) in [4.78, 5) is 26.8. The number of anilines is 1. The number of nitrogens with one attached hydrogen (secondary N) is 1. The van der Waals surface area contributed by atoms with E-state index in [2.05, 4.69) is 15.5 Å². The number of hydrogen-bond donors (Lipinski definition) is 1. The Morgan fingerprint density at radius 1 is 1.30 bits per heavy atom. The van der Waals surface area contributed by atoms with Gasteiger partial charge in [-0.3, -0.25) is 9.59 Å². The highest BCUT2D eigenvalue weighted by Gasteiger charge is 2.28. The van der Waals surface area contributed by atoms with Crippen LogP contribution in [0, 0.1) is 5.92 Å².